The molecule has 3 rings (SSSR count). The molecule has 33 heavy (non-hydrogen) atoms. The molecule has 4 heteroatoms. The van der Waals surface area contributed by atoms with Crippen LogP contribution in [0.25, 0.3) is 6.08 Å². The Hall–Kier alpha value is -2.59. The fourth-order valence-electron chi connectivity index (χ4n) is 4.77. The van der Waals surface area contributed by atoms with E-state index in [0.717, 1.165) is 71.9 Å². The molecule has 2 aliphatic carbocycles. The highest BCUT2D eigenvalue weighted by atomic mass is 16.3. The van der Waals surface area contributed by atoms with Gasteiger partial charge in [0.05, 0.1) is 6.04 Å². The number of carbonyl (C=O) groups is 1. The summed E-state index contributed by atoms with van der Waals surface area (Å²) < 4.78 is 0. The van der Waals surface area contributed by atoms with Crippen molar-refractivity contribution in [1.29, 1.82) is 0 Å². The number of ketones is 1. The molecule has 4 nitrogen and oxygen atoms in total. The number of allylic oxidation sites excluding steroid dienone is 4. The average molecular weight is 449 g/mol. The van der Waals surface area contributed by atoms with Gasteiger partial charge in [-0.15, -0.1) is 0 Å². The van der Waals surface area contributed by atoms with Gasteiger partial charge in [-0.1, -0.05) is 70.5 Å². The Bertz CT molecular complexity index is 991. The van der Waals surface area contributed by atoms with Gasteiger partial charge in [0.1, 0.15) is 5.75 Å². The third kappa shape index (κ3) is 6.05. The number of carbonyl (C=O) groups excluding carboxylic acids is 1. The molecule has 0 saturated heterocycles. The number of aromatic hydroxyl groups is 1. The van der Waals surface area contributed by atoms with E-state index in [2.05, 4.69) is 45.7 Å². The predicted molar refractivity (Wildman–Crippen MR) is 138 cm³/mol. The Morgan fingerprint density at radius 3 is 2.76 bits per heavy atom. The van der Waals surface area contributed by atoms with Crippen molar-refractivity contribution in [2.75, 3.05) is 0 Å². The largest absolute Gasteiger partial charge is 0.507 e. The van der Waals surface area contributed by atoms with Crippen molar-refractivity contribution in [2.45, 2.75) is 90.1 Å². The number of phenols is 1. The van der Waals surface area contributed by atoms with Gasteiger partial charge in [-0.3, -0.25) is 4.79 Å². The smallest absolute Gasteiger partial charge is 0.186 e. The molecular weight excluding hydrogens is 408 g/mol. The van der Waals surface area contributed by atoms with Crippen LogP contribution < -0.4 is 11.1 Å². The molecule has 1 aromatic rings. The molecule has 2 atom stereocenters. The molecule has 4 N–H and O–H groups in total. The Balaban J connectivity index is 1.87. The number of phenolic OH excluding ortho intramolecular Hbond substituents is 1. The standard InChI is InChI=1S/C29H40N2O2/c1-6-7-10-21-15-19(2)16-23(27(21)32)18-31-26-20(11-9-14-25(26)30)17-22-12-8-13-24(28(22)33)29(3,4)5/h8,12-13,15,17-18,25-26,31,33H,2,6-7,9-11,14,16,30H2,1,3-5H3. The van der Waals surface area contributed by atoms with Gasteiger partial charge in [0.2, 0.25) is 0 Å². The molecule has 178 valence electrons. The summed E-state index contributed by atoms with van der Waals surface area (Å²) in [4.78, 5) is 13.0. The molecular formula is C29H40N2O2. The highest BCUT2D eigenvalue weighted by molar-refractivity contribution is 6.10. The quantitative estimate of drug-likeness (QED) is 0.462. The lowest BCUT2D eigenvalue weighted by Gasteiger charge is -2.32. The number of unbranched alkanes of at least 4 members (excludes halogenated alkanes) is 1. The van der Waals surface area contributed by atoms with Crippen LogP contribution in [0.3, 0.4) is 0 Å². The number of Topliss-reactive ketones (excluding diaryl/α,β-unsaturated/α-hetero) is 1. The number of nitrogens with one attached hydrogen (secondary N) is 1. The van der Waals surface area contributed by atoms with E-state index in [1.807, 2.05) is 30.5 Å². The molecule has 1 fully saturated rings. The molecule has 0 aromatic heterocycles. The fraction of sp³-hybridized carbons (Fsp3) is 0.483. The van der Waals surface area contributed by atoms with E-state index in [4.69, 9.17) is 5.73 Å². The molecule has 0 amide bonds. The zero-order valence-electron chi connectivity index (χ0n) is 20.7. The molecule has 0 aliphatic heterocycles. The molecule has 2 unspecified atom stereocenters. The van der Waals surface area contributed by atoms with Crippen molar-refractivity contribution in [3.05, 3.63) is 70.5 Å². The van der Waals surface area contributed by atoms with E-state index < -0.39 is 0 Å². The second-order valence-electron chi connectivity index (χ2n) is 10.5. The van der Waals surface area contributed by atoms with Gasteiger partial charge in [-0.05, 0) is 54.7 Å². The zero-order valence-corrected chi connectivity index (χ0v) is 20.7. The SMILES string of the molecule is C=C1C=C(CCCC)C(=O)C(=CNC2C(=Cc3cccc(C(C)(C)C)c3O)CCCC2N)C1. The van der Waals surface area contributed by atoms with Gasteiger partial charge in [0, 0.05) is 35.4 Å². The van der Waals surface area contributed by atoms with E-state index >= 15 is 0 Å². The Morgan fingerprint density at radius 1 is 1.30 bits per heavy atom. The zero-order chi connectivity index (χ0) is 24.2. The Morgan fingerprint density at radius 2 is 2.06 bits per heavy atom. The number of nitrogens with two attached hydrogens (primary N) is 1. The summed E-state index contributed by atoms with van der Waals surface area (Å²) in [6, 6.07) is 5.81. The van der Waals surface area contributed by atoms with Crippen LogP contribution in [0, 0.1) is 0 Å². The van der Waals surface area contributed by atoms with Crippen LogP contribution in [-0.2, 0) is 10.2 Å². The molecule has 1 aromatic carbocycles. The first-order chi connectivity index (χ1) is 15.6. The van der Waals surface area contributed by atoms with Gasteiger partial charge >= 0.3 is 0 Å². The number of rotatable bonds is 6. The van der Waals surface area contributed by atoms with Crippen molar-refractivity contribution in [3.8, 4) is 5.75 Å². The third-order valence-corrected chi connectivity index (χ3v) is 6.66. The second kappa shape index (κ2) is 10.6. The highest BCUT2D eigenvalue weighted by Crippen LogP contribution is 2.36. The van der Waals surface area contributed by atoms with Crippen LogP contribution in [0.1, 0.15) is 83.8 Å². The summed E-state index contributed by atoms with van der Waals surface area (Å²) >= 11 is 0. The minimum Gasteiger partial charge on any atom is -0.507 e. The number of hydrogen-bond donors (Lipinski definition) is 3. The van der Waals surface area contributed by atoms with Gasteiger partial charge in [-0.2, -0.15) is 0 Å². The van der Waals surface area contributed by atoms with Gasteiger partial charge in [-0.25, -0.2) is 0 Å². The molecule has 0 heterocycles. The first-order valence-corrected chi connectivity index (χ1v) is 12.3. The molecule has 2 aliphatic rings. The Kier molecular flexibility index (Phi) is 8.01. The summed E-state index contributed by atoms with van der Waals surface area (Å²) in [6.07, 6.45) is 12.2. The summed E-state index contributed by atoms with van der Waals surface area (Å²) in [7, 11) is 0. The minimum absolute atomic E-state index is 0.0493. The molecule has 0 bridgehead atoms. The van der Waals surface area contributed by atoms with Crippen molar-refractivity contribution in [1.82, 2.24) is 5.32 Å². The first-order valence-electron chi connectivity index (χ1n) is 12.3. The normalized spacial score (nSPS) is 24.3. The van der Waals surface area contributed by atoms with E-state index in [1.54, 1.807) is 0 Å². The van der Waals surface area contributed by atoms with Crippen molar-refractivity contribution in [2.24, 2.45) is 5.73 Å². The maximum Gasteiger partial charge on any atom is 0.186 e. The van der Waals surface area contributed by atoms with Gasteiger partial charge < -0.3 is 16.2 Å². The lowest BCUT2D eigenvalue weighted by molar-refractivity contribution is -0.112. The van der Waals surface area contributed by atoms with Gasteiger partial charge in [0.25, 0.3) is 0 Å². The van der Waals surface area contributed by atoms with E-state index in [-0.39, 0.29) is 23.3 Å². The summed E-state index contributed by atoms with van der Waals surface area (Å²) in [6.45, 7) is 12.6. The van der Waals surface area contributed by atoms with Gasteiger partial charge in [0.15, 0.2) is 5.78 Å². The van der Waals surface area contributed by atoms with Crippen molar-refractivity contribution < 1.29 is 9.90 Å². The van der Waals surface area contributed by atoms with Crippen LogP contribution in [-0.4, -0.2) is 23.0 Å². The third-order valence-electron chi connectivity index (χ3n) is 6.66. The maximum absolute atomic E-state index is 13.0. The average Bonchev–Trinajstić information content (AvgIpc) is 2.74. The molecule has 0 radical (unpaired) electrons. The number of para-hydroxylation sites is 1. The first kappa shape index (κ1) is 25.0. The van der Waals surface area contributed by atoms with Crippen molar-refractivity contribution in [3.63, 3.8) is 0 Å². The molecule has 1 saturated carbocycles. The predicted octanol–water partition coefficient (Wildman–Crippen LogP) is 6.07. The lowest BCUT2D eigenvalue weighted by atomic mass is 9.82. The lowest BCUT2D eigenvalue weighted by Crippen LogP contribution is -2.46. The maximum atomic E-state index is 13.0. The van der Waals surface area contributed by atoms with Crippen LogP contribution in [0.4, 0.5) is 0 Å². The van der Waals surface area contributed by atoms with E-state index in [9.17, 15) is 9.90 Å². The fourth-order valence-corrected chi connectivity index (χ4v) is 4.77. The Labute approximate surface area is 199 Å². The van der Waals surface area contributed by atoms with Crippen LogP contribution in [0.5, 0.6) is 5.75 Å². The second-order valence-corrected chi connectivity index (χ2v) is 10.5. The van der Waals surface area contributed by atoms with E-state index in [1.165, 1.54) is 0 Å². The topological polar surface area (TPSA) is 75.3 Å². The highest BCUT2D eigenvalue weighted by Gasteiger charge is 2.27. The minimum atomic E-state index is -0.142. The van der Waals surface area contributed by atoms with Crippen LogP contribution >= 0.6 is 0 Å². The summed E-state index contributed by atoms with van der Waals surface area (Å²) in [5.41, 5.74) is 11.9. The summed E-state index contributed by atoms with van der Waals surface area (Å²) in [5.74, 6) is 0.451. The van der Waals surface area contributed by atoms with E-state index in [0.29, 0.717) is 12.2 Å². The summed E-state index contributed by atoms with van der Waals surface area (Å²) in [5, 5.41) is 14.4. The number of benzene rings is 1. The monoisotopic (exact) mass is 448 g/mol. The number of hydrogen-bond acceptors (Lipinski definition) is 4. The van der Waals surface area contributed by atoms with Crippen molar-refractivity contribution >= 4 is 11.9 Å². The molecule has 0 spiro atoms. The van der Waals surface area contributed by atoms with Crippen LogP contribution in [0.2, 0.25) is 0 Å². The van der Waals surface area contributed by atoms with Crippen LogP contribution in [0.15, 0.2) is 59.3 Å².